The van der Waals surface area contributed by atoms with Crippen molar-refractivity contribution in [2.75, 3.05) is 26.1 Å². The number of nitrogens with zero attached hydrogens (tertiary/aromatic N) is 1. The van der Waals surface area contributed by atoms with Gasteiger partial charge in [0, 0.05) is 15.5 Å². The van der Waals surface area contributed by atoms with Crippen LogP contribution in [-0.4, -0.2) is 36.9 Å². The van der Waals surface area contributed by atoms with Gasteiger partial charge in [-0.25, -0.2) is 0 Å². The lowest BCUT2D eigenvalue weighted by Crippen LogP contribution is -2.23. The van der Waals surface area contributed by atoms with E-state index in [-0.39, 0.29) is 5.91 Å². The molecule has 0 aromatic heterocycles. The maximum absolute atomic E-state index is 10.8. The SMILES string of the molecule is [2H]CSSCC(=O)N(C)C. The third-order valence-corrected chi connectivity index (χ3v) is 2.15. The largest absolute Gasteiger partial charge is 0.348 e. The van der Waals surface area contributed by atoms with Crippen molar-refractivity contribution in [1.29, 1.82) is 0 Å². The van der Waals surface area contributed by atoms with Crippen LogP contribution in [0.15, 0.2) is 0 Å². The minimum atomic E-state index is 0.103. The Hall–Kier alpha value is 0.170. The van der Waals surface area contributed by atoms with Gasteiger partial charge < -0.3 is 4.90 Å². The number of carbonyl (C=O) groups is 1. The van der Waals surface area contributed by atoms with Gasteiger partial charge in [-0.05, 0) is 6.23 Å². The smallest absolute Gasteiger partial charge is 0.232 e. The van der Waals surface area contributed by atoms with Crippen molar-refractivity contribution in [2.45, 2.75) is 0 Å². The summed E-state index contributed by atoms with van der Waals surface area (Å²) in [4.78, 5) is 12.4. The molecule has 0 radical (unpaired) electrons. The van der Waals surface area contributed by atoms with Gasteiger partial charge in [-0.3, -0.25) is 4.79 Å². The molecule has 0 atom stereocenters. The highest BCUT2D eigenvalue weighted by Gasteiger charge is 2.01. The molecule has 0 saturated heterocycles. The molecule has 0 bridgehead atoms. The van der Waals surface area contributed by atoms with Gasteiger partial charge in [-0.2, -0.15) is 0 Å². The number of hydrogen-bond donors (Lipinski definition) is 0. The summed E-state index contributed by atoms with van der Waals surface area (Å²) in [7, 11) is 6.28. The predicted octanol–water partition coefficient (Wildman–Crippen LogP) is 1.09. The highest BCUT2D eigenvalue weighted by atomic mass is 33.1. The third-order valence-electron chi connectivity index (χ3n) is 0.765. The van der Waals surface area contributed by atoms with Crippen LogP contribution in [0, 0.1) is 0 Å². The Bertz CT molecular complexity index is 110. The molecule has 54 valence electrons. The van der Waals surface area contributed by atoms with Crippen molar-refractivity contribution in [3.63, 3.8) is 0 Å². The quantitative estimate of drug-likeness (QED) is 0.462. The van der Waals surface area contributed by atoms with Gasteiger partial charge in [0.25, 0.3) is 0 Å². The van der Waals surface area contributed by atoms with E-state index in [2.05, 4.69) is 0 Å². The molecule has 9 heavy (non-hydrogen) atoms. The summed E-state index contributed by atoms with van der Waals surface area (Å²) in [6.45, 7) is 0. The first-order valence-corrected chi connectivity index (χ1v) is 4.91. The highest BCUT2D eigenvalue weighted by Crippen LogP contribution is 2.16. The van der Waals surface area contributed by atoms with E-state index in [4.69, 9.17) is 1.37 Å². The molecule has 0 rings (SSSR count). The second kappa shape index (κ2) is 4.99. The zero-order valence-corrected chi connectivity index (χ0v) is 7.22. The van der Waals surface area contributed by atoms with Gasteiger partial charge in [0.05, 0.1) is 5.75 Å². The molecule has 1 amide bonds. The van der Waals surface area contributed by atoms with Crippen molar-refractivity contribution < 1.29 is 6.17 Å². The topological polar surface area (TPSA) is 20.3 Å². The first-order valence-electron chi connectivity index (χ1n) is 3.13. The van der Waals surface area contributed by atoms with Crippen molar-refractivity contribution in [1.82, 2.24) is 4.90 Å². The number of carbonyl (C=O) groups excluding carboxylic acids is 1. The monoisotopic (exact) mass is 166 g/mol. The molecule has 0 spiro atoms. The maximum atomic E-state index is 10.8. The lowest BCUT2D eigenvalue weighted by atomic mass is 10.6. The molecular weight excluding hydrogens is 154 g/mol. The Morgan fingerprint density at radius 3 is 2.89 bits per heavy atom. The zero-order chi connectivity index (χ0) is 7.98. The van der Waals surface area contributed by atoms with E-state index in [0.29, 0.717) is 12.0 Å². The van der Waals surface area contributed by atoms with Crippen molar-refractivity contribution >= 4 is 27.5 Å². The molecule has 0 fully saturated rings. The molecule has 0 N–H and O–H groups in total. The molecule has 0 aliphatic carbocycles. The van der Waals surface area contributed by atoms with Gasteiger partial charge in [0.1, 0.15) is 0 Å². The first kappa shape index (κ1) is 7.28. The van der Waals surface area contributed by atoms with E-state index in [1.165, 1.54) is 21.6 Å². The van der Waals surface area contributed by atoms with Crippen LogP contribution in [0.4, 0.5) is 0 Å². The maximum Gasteiger partial charge on any atom is 0.232 e. The summed E-state index contributed by atoms with van der Waals surface area (Å²) in [5.74, 6) is 0.572. The molecule has 0 aliphatic heterocycles. The average molecular weight is 166 g/mol. The third kappa shape index (κ3) is 4.66. The fraction of sp³-hybridized carbons (Fsp3) is 0.800. The Morgan fingerprint density at radius 2 is 2.44 bits per heavy atom. The molecule has 4 heteroatoms. The Labute approximate surface area is 65.2 Å². The van der Waals surface area contributed by atoms with Crippen molar-refractivity contribution in [3.8, 4) is 0 Å². The summed E-state index contributed by atoms with van der Waals surface area (Å²) in [5, 5.41) is 0. The second-order valence-corrected chi connectivity index (χ2v) is 3.84. The van der Waals surface area contributed by atoms with Crippen LogP contribution in [0.3, 0.4) is 0 Å². The fourth-order valence-corrected chi connectivity index (χ4v) is 1.22. The molecule has 2 nitrogen and oxygen atoms in total. The van der Waals surface area contributed by atoms with Crippen molar-refractivity contribution in [2.24, 2.45) is 0 Å². The van der Waals surface area contributed by atoms with Crippen LogP contribution in [0.25, 0.3) is 0 Å². The van der Waals surface area contributed by atoms with Crippen LogP contribution >= 0.6 is 21.6 Å². The molecule has 0 aromatic carbocycles. The number of amides is 1. The molecule has 0 aromatic rings. The Kier molecular flexibility index (Phi) is 4.04. The van der Waals surface area contributed by atoms with E-state index in [9.17, 15) is 4.79 Å². The minimum Gasteiger partial charge on any atom is -0.348 e. The molecule has 0 saturated carbocycles. The van der Waals surface area contributed by atoms with E-state index >= 15 is 0 Å². The summed E-state index contributed by atoms with van der Waals surface area (Å²) in [5.41, 5.74) is 0. The van der Waals surface area contributed by atoms with E-state index < -0.39 is 0 Å². The van der Waals surface area contributed by atoms with Gasteiger partial charge in [0.2, 0.25) is 5.91 Å². The van der Waals surface area contributed by atoms with Crippen LogP contribution in [0.1, 0.15) is 1.37 Å². The van der Waals surface area contributed by atoms with Gasteiger partial charge in [-0.1, -0.05) is 21.6 Å². The van der Waals surface area contributed by atoms with Crippen LogP contribution in [0.2, 0.25) is 0 Å². The minimum absolute atomic E-state index is 0.103. The molecule has 0 heterocycles. The summed E-state index contributed by atoms with van der Waals surface area (Å²) in [6.07, 6.45) is 0.311. The number of rotatable bonds is 3. The van der Waals surface area contributed by atoms with E-state index in [1.807, 2.05) is 0 Å². The van der Waals surface area contributed by atoms with Gasteiger partial charge >= 0.3 is 0 Å². The summed E-state index contributed by atoms with van der Waals surface area (Å²) >= 11 is 0. The first-order chi connectivity index (χ1) is 4.68. The van der Waals surface area contributed by atoms with Crippen LogP contribution in [-0.2, 0) is 4.79 Å². The summed E-state index contributed by atoms with van der Waals surface area (Å²) < 4.78 is 6.77. The predicted molar refractivity (Wildman–Crippen MR) is 44.7 cm³/mol. The Morgan fingerprint density at radius 1 is 1.78 bits per heavy atom. The molecule has 0 aliphatic rings. The molecule has 0 unspecified atom stereocenters. The zero-order valence-electron chi connectivity index (χ0n) is 6.59. The Balaban J connectivity index is 3.22. The van der Waals surface area contributed by atoms with Gasteiger partial charge in [-0.15, -0.1) is 0 Å². The lowest BCUT2D eigenvalue weighted by Gasteiger charge is -2.07. The normalized spacial score (nSPS) is 10.7. The van der Waals surface area contributed by atoms with E-state index in [0.717, 1.165) is 0 Å². The average Bonchev–Trinajstić information content (AvgIpc) is 1.88. The van der Waals surface area contributed by atoms with Crippen LogP contribution < -0.4 is 0 Å². The standard InChI is InChI=1S/C5H11NOS2/c1-6(2)5(7)4-9-8-3/h4H2,1-3H3/i3D. The van der Waals surface area contributed by atoms with Crippen LogP contribution in [0.5, 0.6) is 0 Å². The fourth-order valence-electron chi connectivity index (χ4n) is 0.221. The second-order valence-electron chi connectivity index (χ2n) is 1.67. The van der Waals surface area contributed by atoms with Crippen molar-refractivity contribution in [3.05, 3.63) is 0 Å². The highest BCUT2D eigenvalue weighted by molar-refractivity contribution is 8.76. The van der Waals surface area contributed by atoms with Gasteiger partial charge in [0.15, 0.2) is 0 Å². The van der Waals surface area contributed by atoms with E-state index in [1.54, 1.807) is 19.0 Å². The summed E-state index contributed by atoms with van der Waals surface area (Å²) in [6, 6.07) is 0. The lowest BCUT2D eigenvalue weighted by molar-refractivity contribution is -0.125. The number of hydrogen-bond acceptors (Lipinski definition) is 3. The molecular formula is C5H11NOS2.